The molecule has 0 saturated carbocycles. The van der Waals surface area contributed by atoms with Crippen LogP contribution < -0.4 is 10.1 Å². The largest absolute Gasteiger partial charge is 0.481 e. The van der Waals surface area contributed by atoms with E-state index in [1.54, 1.807) is 25.5 Å². The highest BCUT2D eigenvalue weighted by Gasteiger charge is 2.14. The fraction of sp³-hybridized carbons (Fsp3) is 0.235. The molecule has 3 rings (SSSR count). The number of aryl methyl sites for hydroxylation is 3. The molecule has 124 valence electrons. The van der Waals surface area contributed by atoms with E-state index in [-0.39, 0.29) is 5.91 Å². The number of aromatic nitrogens is 4. The molecule has 0 spiro atoms. The summed E-state index contributed by atoms with van der Waals surface area (Å²) in [6, 6.07) is 11.8. The first-order valence-corrected chi connectivity index (χ1v) is 7.61. The van der Waals surface area contributed by atoms with Gasteiger partial charge in [-0.15, -0.1) is 0 Å². The molecule has 24 heavy (non-hydrogen) atoms. The Hall–Kier alpha value is -3.09. The first-order valence-electron chi connectivity index (χ1n) is 7.61. The van der Waals surface area contributed by atoms with Crippen molar-refractivity contribution in [1.82, 2.24) is 19.6 Å². The van der Waals surface area contributed by atoms with Gasteiger partial charge in [-0.05, 0) is 12.0 Å². The molecule has 0 unspecified atom stereocenters. The number of rotatable bonds is 6. The van der Waals surface area contributed by atoms with E-state index >= 15 is 0 Å². The van der Waals surface area contributed by atoms with Gasteiger partial charge < -0.3 is 10.1 Å². The van der Waals surface area contributed by atoms with E-state index in [0.29, 0.717) is 17.3 Å². The van der Waals surface area contributed by atoms with Crippen molar-refractivity contribution in [2.24, 2.45) is 7.05 Å². The number of ether oxygens (including phenoxy) is 1. The van der Waals surface area contributed by atoms with E-state index in [9.17, 15) is 4.79 Å². The van der Waals surface area contributed by atoms with Gasteiger partial charge in [0.15, 0.2) is 5.69 Å². The Labute approximate surface area is 139 Å². The number of benzene rings is 1. The van der Waals surface area contributed by atoms with Crippen LogP contribution in [0.5, 0.6) is 5.88 Å². The molecule has 2 heterocycles. The van der Waals surface area contributed by atoms with Gasteiger partial charge >= 0.3 is 0 Å². The third kappa shape index (κ3) is 3.62. The molecule has 1 N–H and O–H groups in total. The number of nitrogens with zero attached hydrogens (tertiary/aromatic N) is 4. The Kier molecular flexibility index (Phi) is 4.60. The van der Waals surface area contributed by atoms with Crippen molar-refractivity contribution in [2.45, 2.75) is 13.0 Å². The number of carbonyl (C=O) groups excluding carboxylic acids is 1. The Morgan fingerprint density at radius 3 is 2.79 bits per heavy atom. The van der Waals surface area contributed by atoms with E-state index < -0.39 is 0 Å². The molecule has 1 amide bonds. The van der Waals surface area contributed by atoms with Crippen LogP contribution in [-0.2, 0) is 20.0 Å². The average molecular weight is 325 g/mol. The zero-order valence-electron chi connectivity index (χ0n) is 13.6. The van der Waals surface area contributed by atoms with Crippen LogP contribution in [0.25, 0.3) is 0 Å². The smallest absolute Gasteiger partial charge is 0.276 e. The molecule has 0 aliphatic carbocycles. The topological polar surface area (TPSA) is 74.0 Å². The number of hydrogen-bond donors (Lipinski definition) is 1. The lowest BCUT2D eigenvalue weighted by Gasteiger charge is -2.02. The van der Waals surface area contributed by atoms with Gasteiger partial charge in [0.1, 0.15) is 0 Å². The normalized spacial score (nSPS) is 10.6. The van der Waals surface area contributed by atoms with Crippen LogP contribution in [0.1, 0.15) is 16.1 Å². The van der Waals surface area contributed by atoms with Crippen LogP contribution in [0, 0.1) is 0 Å². The van der Waals surface area contributed by atoms with Crippen molar-refractivity contribution in [3.63, 3.8) is 0 Å². The summed E-state index contributed by atoms with van der Waals surface area (Å²) in [5.41, 5.74) is 2.18. The molecule has 0 aliphatic heterocycles. The van der Waals surface area contributed by atoms with E-state index in [0.717, 1.165) is 13.0 Å². The SMILES string of the molecule is COc1cc(C(=O)Nc2cnn(CCc3ccccc3)c2)nn1C. The molecule has 0 radical (unpaired) electrons. The standard InChI is InChI=1S/C17H19N5O2/c1-21-16(24-2)10-15(20-21)17(23)19-14-11-18-22(12-14)9-8-13-6-4-3-5-7-13/h3-7,10-12H,8-9H2,1-2H3,(H,19,23). The number of carbonyl (C=O) groups is 1. The number of amides is 1. The van der Waals surface area contributed by atoms with Crippen LogP contribution >= 0.6 is 0 Å². The lowest BCUT2D eigenvalue weighted by atomic mass is 10.1. The Bertz CT molecular complexity index is 823. The Morgan fingerprint density at radius 1 is 1.29 bits per heavy atom. The number of hydrogen-bond acceptors (Lipinski definition) is 4. The quantitative estimate of drug-likeness (QED) is 0.753. The molecular formula is C17H19N5O2. The predicted octanol–water partition coefficient (Wildman–Crippen LogP) is 2.12. The minimum absolute atomic E-state index is 0.295. The Balaban J connectivity index is 1.60. The van der Waals surface area contributed by atoms with Crippen molar-refractivity contribution in [3.05, 3.63) is 60.0 Å². The van der Waals surface area contributed by atoms with Crippen molar-refractivity contribution < 1.29 is 9.53 Å². The third-order valence-corrected chi connectivity index (χ3v) is 3.64. The zero-order chi connectivity index (χ0) is 16.9. The number of methoxy groups -OCH3 is 1. The first kappa shape index (κ1) is 15.8. The van der Waals surface area contributed by atoms with Crippen molar-refractivity contribution in [1.29, 1.82) is 0 Å². The van der Waals surface area contributed by atoms with Gasteiger partial charge in [-0.1, -0.05) is 30.3 Å². The molecule has 0 atom stereocenters. The van der Waals surface area contributed by atoms with Gasteiger partial charge in [-0.2, -0.15) is 10.2 Å². The van der Waals surface area contributed by atoms with E-state index in [4.69, 9.17) is 4.74 Å². The van der Waals surface area contributed by atoms with E-state index in [2.05, 4.69) is 27.6 Å². The maximum atomic E-state index is 12.2. The summed E-state index contributed by atoms with van der Waals surface area (Å²) in [6.07, 6.45) is 4.32. The fourth-order valence-corrected chi connectivity index (χ4v) is 2.39. The molecule has 2 aromatic heterocycles. The summed E-state index contributed by atoms with van der Waals surface area (Å²) in [6.45, 7) is 0.747. The molecule has 3 aromatic rings. The summed E-state index contributed by atoms with van der Waals surface area (Å²) in [4.78, 5) is 12.2. The van der Waals surface area contributed by atoms with Gasteiger partial charge in [0.2, 0.25) is 5.88 Å². The van der Waals surface area contributed by atoms with Gasteiger partial charge in [0.05, 0.1) is 19.0 Å². The second-order valence-corrected chi connectivity index (χ2v) is 5.38. The van der Waals surface area contributed by atoms with Crippen molar-refractivity contribution >= 4 is 11.6 Å². The summed E-state index contributed by atoms with van der Waals surface area (Å²) >= 11 is 0. The number of nitrogens with one attached hydrogen (secondary N) is 1. The van der Waals surface area contributed by atoms with E-state index in [1.165, 1.54) is 17.4 Å². The summed E-state index contributed by atoms with van der Waals surface area (Å²) in [7, 11) is 3.26. The van der Waals surface area contributed by atoms with Crippen molar-refractivity contribution in [3.8, 4) is 5.88 Å². The maximum absolute atomic E-state index is 12.2. The number of anilines is 1. The van der Waals surface area contributed by atoms with E-state index in [1.807, 2.05) is 22.9 Å². The minimum atomic E-state index is -0.295. The zero-order valence-corrected chi connectivity index (χ0v) is 13.6. The highest BCUT2D eigenvalue weighted by molar-refractivity contribution is 6.02. The molecular weight excluding hydrogens is 306 g/mol. The lowest BCUT2D eigenvalue weighted by molar-refractivity contribution is 0.102. The highest BCUT2D eigenvalue weighted by Crippen LogP contribution is 2.13. The maximum Gasteiger partial charge on any atom is 0.276 e. The molecule has 0 saturated heterocycles. The lowest BCUT2D eigenvalue weighted by Crippen LogP contribution is -2.12. The van der Waals surface area contributed by atoms with Crippen LogP contribution in [0.2, 0.25) is 0 Å². The molecule has 0 fully saturated rings. The second-order valence-electron chi connectivity index (χ2n) is 5.38. The summed E-state index contributed by atoms with van der Waals surface area (Å²) < 4.78 is 8.43. The van der Waals surface area contributed by atoms with Crippen molar-refractivity contribution in [2.75, 3.05) is 12.4 Å². The van der Waals surface area contributed by atoms with Gasteiger partial charge in [0.25, 0.3) is 5.91 Å². The Morgan fingerprint density at radius 2 is 2.08 bits per heavy atom. The molecule has 7 nitrogen and oxygen atoms in total. The fourth-order valence-electron chi connectivity index (χ4n) is 2.39. The second kappa shape index (κ2) is 6.99. The van der Waals surface area contributed by atoms with Gasteiger partial charge in [-0.25, -0.2) is 4.68 Å². The van der Waals surface area contributed by atoms with Gasteiger partial charge in [0, 0.05) is 25.9 Å². The molecule has 7 heteroatoms. The molecule has 0 aliphatic rings. The van der Waals surface area contributed by atoms with Crippen LogP contribution in [0.4, 0.5) is 5.69 Å². The monoisotopic (exact) mass is 325 g/mol. The first-order chi connectivity index (χ1) is 11.7. The average Bonchev–Trinajstić information content (AvgIpc) is 3.20. The van der Waals surface area contributed by atoms with Crippen LogP contribution in [-0.4, -0.2) is 32.6 Å². The predicted molar refractivity (Wildman–Crippen MR) is 90.1 cm³/mol. The van der Waals surface area contributed by atoms with Crippen LogP contribution in [0.3, 0.4) is 0 Å². The minimum Gasteiger partial charge on any atom is -0.481 e. The van der Waals surface area contributed by atoms with Gasteiger partial charge in [-0.3, -0.25) is 9.48 Å². The highest BCUT2D eigenvalue weighted by atomic mass is 16.5. The molecule has 0 bridgehead atoms. The molecule has 1 aromatic carbocycles. The third-order valence-electron chi connectivity index (χ3n) is 3.64. The summed E-state index contributed by atoms with van der Waals surface area (Å²) in [5, 5.41) is 11.2. The summed E-state index contributed by atoms with van der Waals surface area (Å²) in [5.74, 6) is 0.232. The van der Waals surface area contributed by atoms with Crippen LogP contribution in [0.15, 0.2) is 48.8 Å².